The molecule has 1 saturated heterocycles. The molecule has 0 aliphatic carbocycles. The topological polar surface area (TPSA) is 103 Å². The van der Waals surface area contributed by atoms with Gasteiger partial charge in [-0.1, -0.05) is 30.3 Å². The Labute approximate surface area is 162 Å². The molecule has 1 aliphatic heterocycles. The quantitative estimate of drug-likeness (QED) is 0.730. The summed E-state index contributed by atoms with van der Waals surface area (Å²) in [7, 11) is 1.53. The van der Waals surface area contributed by atoms with Crippen molar-refractivity contribution < 1.29 is 19.3 Å². The monoisotopic (exact) mass is 390 g/mol. The summed E-state index contributed by atoms with van der Waals surface area (Å²) in [6, 6.07) is 9.75. The predicted molar refractivity (Wildman–Crippen MR) is 102 cm³/mol. The van der Waals surface area contributed by atoms with Crippen LogP contribution in [0.5, 0.6) is 0 Å². The summed E-state index contributed by atoms with van der Waals surface area (Å²) < 4.78 is 18.9. The van der Waals surface area contributed by atoms with Crippen LogP contribution in [0.1, 0.15) is 24.3 Å². The molecule has 28 heavy (non-hydrogen) atoms. The molecule has 2 N–H and O–H groups in total. The van der Waals surface area contributed by atoms with Crippen molar-refractivity contribution >= 4 is 0 Å². The Balaban J connectivity index is 1.84. The molecule has 4 atom stereocenters. The number of aliphatic hydroxyl groups excluding tert-OH is 1. The smallest absolute Gasteiger partial charge is 0.330 e. The largest absolute Gasteiger partial charge is 0.393 e. The summed E-state index contributed by atoms with van der Waals surface area (Å²) >= 11 is 0. The summed E-state index contributed by atoms with van der Waals surface area (Å²) in [4.78, 5) is 26.3. The molecule has 0 amide bonds. The van der Waals surface area contributed by atoms with Crippen molar-refractivity contribution in [3.05, 3.63) is 68.5 Å². The molecular formula is C20H26N2O6. The molecule has 1 aliphatic rings. The van der Waals surface area contributed by atoms with E-state index >= 15 is 0 Å². The second-order valence-corrected chi connectivity index (χ2v) is 7.27. The zero-order valence-electron chi connectivity index (χ0n) is 16.3. The van der Waals surface area contributed by atoms with Gasteiger partial charge >= 0.3 is 5.69 Å². The first-order chi connectivity index (χ1) is 13.4. The number of H-pyrrole nitrogens is 1. The average molecular weight is 390 g/mol. The highest BCUT2D eigenvalue weighted by molar-refractivity contribution is 5.13. The van der Waals surface area contributed by atoms with Crippen LogP contribution in [-0.4, -0.2) is 46.7 Å². The lowest BCUT2D eigenvalue weighted by Crippen LogP contribution is -2.42. The van der Waals surface area contributed by atoms with E-state index in [9.17, 15) is 14.7 Å². The summed E-state index contributed by atoms with van der Waals surface area (Å²) in [5, 5.41) is 9.98. The van der Waals surface area contributed by atoms with Gasteiger partial charge in [-0.25, -0.2) is 4.79 Å². The van der Waals surface area contributed by atoms with Crippen molar-refractivity contribution in [3.8, 4) is 0 Å². The Hall–Kier alpha value is -2.26. The van der Waals surface area contributed by atoms with Crippen LogP contribution in [0.15, 0.2) is 46.1 Å². The number of ether oxygens (including phenoxy) is 3. The van der Waals surface area contributed by atoms with Crippen LogP contribution in [0.4, 0.5) is 0 Å². The first-order valence-corrected chi connectivity index (χ1v) is 9.15. The minimum atomic E-state index is -0.967. The van der Waals surface area contributed by atoms with Gasteiger partial charge in [0, 0.05) is 24.8 Å². The van der Waals surface area contributed by atoms with Gasteiger partial charge in [-0.3, -0.25) is 14.3 Å². The molecule has 2 unspecified atom stereocenters. The fraction of sp³-hybridized carbons (Fsp3) is 0.500. The van der Waals surface area contributed by atoms with Crippen LogP contribution in [0.25, 0.3) is 0 Å². The third-order valence-corrected chi connectivity index (χ3v) is 5.27. The van der Waals surface area contributed by atoms with Gasteiger partial charge in [-0.2, -0.15) is 0 Å². The Morgan fingerprint density at radius 2 is 2.00 bits per heavy atom. The minimum Gasteiger partial charge on any atom is -0.393 e. The highest BCUT2D eigenvalue weighted by Crippen LogP contribution is 2.42. The molecule has 152 valence electrons. The first kappa shape index (κ1) is 20.5. The van der Waals surface area contributed by atoms with Crippen LogP contribution in [0.2, 0.25) is 0 Å². The molecule has 0 spiro atoms. The maximum Gasteiger partial charge on any atom is 0.330 e. The van der Waals surface area contributed by atoms with E-state index in [0.717, 1.165) is 5.56 Å². The molecule has 8 heteroatoms. The number of benzene rings is 1. The van der Waals surface area contributed by atoms with Crippen LogP contribution in [0, 0.1) is 12.8 Å². The summed E-state index contributed by atoms with van der Waals surface area (Å²) in [6.45, 7) is 3.80. The maximum atomic E-state index is 12.3. The molecular weight excluding hydrogens is 364 g/mol. The number of nitrogens with one attached hydrogen (secondary N) is 1. The van der Waals surface area contributed by atoms with Crippen molar-refractivity contribution in [1.82, 2.24) is 9.55 Å². The normalized spacial score (nSPS) is 27.2. The summed E-state index contributed by atoms with van der Waals surface area (Å²) in [5.74, 6) is -0.324. The molecule has 2 heterocycles. The number of hydrogen-bond acceptors (Lipinski definition) is 6. The average Bonchev–Trinajstić information content (AvgIpc) is 2.98. The second kappa shape index (κ2) is 8.40. The zero-order chi connectivity index (χ0) is 20.3. The van der Waals surface area contributed by atoms with Gasteiger partial charge < -0.3 is 19.3 Å². The molecule has 2 aromatic rings. The SMILES string of the molecule is COC1C(COCc2ccccc2)[C@@](C)(CO)O[C@H]1n1cc(C)c(=O)[nH]c1=O. The third kappa shape index (κ3) is 3.95. The molecule has 0 bridgehead atoms. The second-order valence-electron chi connectivity index (χ2n) is 7.27. The number of aryl methyl sites for hydroxylation is 1. The number of rotatable bonds is 7. The van der Waals surface area contributed by atoms with Gasteiger partial charge in [-0.05, 0) is 19.4 Å². The van der Waals surface area contributed by atoms with Crippen molar-refractivity contribution in [1.29, 1.82) is 0 Å². The number of nitrogens with zero attached hydrogens (tertiary/aromatic N) is 1. The molecule has 0 radical (unpaired) electrons. The van der Waals surface area contributed by atoms with E-state index in [0.29, 0.717) is 12.2 Å². The number of aromatic amines is 1. The molecule has 3 rings (SSSR count). The lowest BCUT2D eigenvalue weighted by Gasteiger charge is -2.29. The van der Waals surface area contributed by atoms with E-state index in [4.69, 9.17) is 14.2 Å². The van der Waals surface area contributed by atoms with Crippen LogP contribution >= 0.6 is 0 Å². The van der Waals surface area contributed by atoms with Crippen molar-refractivity contribution in [2.24, 2.45) is 5.92 Å². The Morgan fingerprint density at radius 3 is 2.64 bits per heavy atom. The van der Waals surface area contributed by atoms with Crippen molar-refractivity contribution in [2.75, 3.05) is 20.3 Å². The lowest BCUT2D eigenvalue weighted by atomic mass is 9.88. The number of aliphatic hydroxyl groups is 1. The van der Waals surface area contributed by atoms with Gasteiger partial charge in [-0.15, -0.1) is 0 Å². The van der Waals surface area contributed by atoms with Gasteiger partial charge in [0.15, 0.2) is 6.23 Å². The number of hydrogen-bond donors (Lipinski definition) is 2. The maximum absolute atomic E-state index is 12.3. The van der Waals surface area contributed by atoms with Crippen molar-refractivity contribution in [3.63, 3.8) is 0 Å². The van der Waals surface area contributed by atoms with E-state index in [1.807, 2.05) is 30.3 Å². The fourth-order valence-corrected chi connectivity index (χ4v) is 3.55. The number of aromatic nitrogens is 2. The highest BCUT2D eigenvalue weighted by atomic mass is 16.6. The van der Waals surface area contributed by atoms with Crippen LogP contribution < -0.4 is 11.2 Å². The lowest BCUT2D eigenvalue weighted by molar-refractivity contribution is -0.114. The van der Waals surface area contributed by atoms with E-state index < -0.39 is 29.2 Å². The summed E-state index contributed by atoms with van der Waals surface area (Å²) in [5.41, 5.74) is -0.585. The highest BCUT2D eigenvalue weighted by Gasteiger charge is 2.53. The van der Waals surface area contributed by atoms with Gasteiger partial charge in [0.05, 0.1) is 25.4 Å². The van der Waals surface area contributed by atoms with Crippen molar-refractivity contribution in [2.45, 2.75) is 38.4 Å². The molecule has 1 fully saturated rings. The molecule has 0 saturated carbocycles. The van der Waals surface area contributed by atoms with E-state index in [1.165, 1.54) is 17.9 Å². The Kier molecular flexibility index (Phi) is 6.14. The fourth-order valence-electron chi connectivity index (χ4n) is 3.55. The van der Waals surface area contributed by atoms with Crippen LogP contribution in [-0.2, 0) is 20.8 Å². The van der Waals surface area contributed by atoms with Gasteiger partial charge in [0.1, 0.15) is 6.10 Å². The van der Waals surface area contributed by atoms with Crippen LogP contribution in [0.3, 0.4) is 0 Å². The molecule has 1 aromatic carbocycles. The van der Waals surface area contributed by atoms with E-state index in [2.05, 4.69) is 4.98 Å². The van der Waals surface area contributed by atoms with E-state index in [-0.39, 0.29) is 19.1 Å². The zero-order valence-corrected chi connectivity index (χ0v) is 16.3. The standard InChI is InChI=1S/C20H26N2O6/c1-13-9-22(19(25)21-17(13)24)18-16(26-3)15(20(2,12-23)28-18)11-27-10-14-7-5-4-6-8-14/h4-9,15-16,18,23H,10-12H2,1-3H3,(H,21,24,25)/t15?,16?,18-,20-/m1/s1. The third-order valence-electron chi connectivity index (χ3n) is 5.27. The number of methoxy groups -OCH3 is 1. The minimum absolute atomic E-state index is 0.264. The predicted octanol–water partition coefficient (Wildman–Crippen LogP) is 0.973. The van der Waals surface area contributed by atoms with E-state index in [1.54, 1.807) is 13.8 Å². The Bertz CT molecular complexity index is 909. The van der Waals surface area contributed by atoms with Gasteiger partial charge in [0.2, 0.25) is 0 Å². The summed E-state index contributed by atoms with van der Waals surface area (Å²) in [6.07, 6.45) is 0.106. The molecule has 8 nitrogen and oxygen atoms in total. The first-order valence-electron chi connectivity index (χ1n) is 9.15. The Morgan fingerprint density at radius 1 is 1.29 bits per heavy atom. The molecule has 1 aromatic heterocycles. The van der Waals surface area contributed by atoms with Gasteiger partial charge in [0.25, 0.3) is 5.56 Å².